The molecule has 0 atom stereocenters. The lowest BCUT2D eigenvalue weighted by Gasteiger charge is -2.29. The fourth-order valence-corrected chi connectivity index (χ4v) is 8.76. The summed E-state index contributed by atoms with van der Waals surface area (Å²) in [5.41, 5.74) is 14.0. The summed E-state index contributed by atoms with van der Waals surface area (Å²) in [4.78, 5) is 2.45. The maximum atomic E-state index is 2.45. The first-order valence-corrected chi connectivity index (χ1v) is 19.9. The van der Waals surface area contributed by atoms with E-state index in [1.807, 2.05) is 0 Å². The number of rotatable bonds is 7. The van der Waals surface area contributed by atoms with Gasteiger partial charge >= 0.3 is 0 Å². The van der Waals surface area contributed by atoms with Crippen LogP contribution in [0, 0.1) is 0 Å². The summed E-state index contributed by atoms with van der Waals surface area (Å²) in [6.07, 6.45) is 0. The Morgan fingerprint density at radius 1 is 0.310 bits per heavy atom. The molecule has 0 aliphatic carbocycles. The topological polar surface area (TPSA) is 8.17 Å². The first-order chi connectivity index (χ1) is 28.8. The van der Waals surface area contributed by atoms with Crippen molar-refractivity contribution in [3.63, 3.8) is 0 Å². The van der Waals surface area contributed by atoms with E-state index in [1.54, 1.807) is 0 Å². The molecule has 0 bridgehead atoms. The number of para-hydroxylation sites is 3. The zero-order chi connectivity index (χ0) is 38.4. The molecule has 0 unspecified atom stereocenters. The van der Waals surface area contributed by atoms with Crippen LogP contribution in [0.3, 0.4) is 0 Å². The molecule has 272 valence electrons. The molecule has 0 aliphatic rings. The highest BCUT2D eigenvalue weighted by Gasteiger charge is 2.23. The van der Waals surface area contributed by atoms with Crippen LogP contribution in [-0.2, 0) is 0 Å². The molecule has 0 fully saturated rings. The van der Waals surface area contributed by atoms with Gasteiger partial charge in [0.25, 0.3) is 0 Å². The van der Waals surface area contributed by atoms with Gasteiger partial charge in [0.2, 0.25) is 0 Å². The van der Waals surface area contributed by atoms with E-state index < -0.39 is 0 Å². The number of fused-ring (bicyclic) bond motifs is 5. The van der Waals surface area contributed by atoms with Crippen LogP contribution in [0.5, 0.6) is 0 Å². The second-order valence-corrected chi connectivity index (χ2v) is 15.0. The molecule has 0 radical (unpaired) electrons. The maximum absolute atomic E-state index is 2.45. The molecule has 2 heteroatoms. The van der Waals surface area contributed by atoms with Gasteiger partial charge in [-0.3, -0.25) is 0 Å². The van der Waals surface area contributed by atoms with Gasteiger partial charge in [0, 0.05) is 27.7 Å². The van der Waals surface area contributed by atoms with E-state index >= 15 is 0 Å². The third-order valence-electron chi connectivity index (χ3n) is 11.5. The van der Waals surface area contributed by atoms with Gasteiger partial charge in [0.1, 0.15) is 0 Å². The van der Waals surface area contributed by atoms with Crippen LogP contribution < -0.4 is 4.90 Å². The molecule has 1 heterocycles. The number of anilines is 3. The SMILES string of the molecule is c1ccc(-c2ccccc2N(c2ccc(-c3ccc4ccc(-c5ccc6ccccc6c5)cc4c3)cc2)c2cccc3c2c2ccccc2n3-c2ccccc2)cc1. The van der Waals surface area contributed by atoms with E-state index in [-0.39, 0.29) is 0 Å². The molecular formula is C56H38N2. The molecule has 11 aromatic rings. The van der Waals surface area contributed by atoms with Crippen molar-refractivity contribution in [2.75, 3.05) is 4.90 Å². The van der Waals surface area contributed by atoms with Crippen molar-refractivity contribution in [1.82, 2.24) is 4.57 Å². The second-order valence-electron chi connectivity index (χ2n) is 15.0. The minimum atomic E-state index is 1.09. The van der Waals surface area contributed by atoms with E-state index in [1.165, 1.54) is 76.7 Å². The molecule has 1 aromatic heterocycles. The Kier molecular flexibility index (Phi) is 8.19. The lowest BCUT2D eigenvalue weighted by atomic mass is 9.96. The molecule has 11 rings (SSSR count). The zero-order valence-electron chi connectivity index (χ0n) is 31.8. The van der Waals surface area contributed by atoms with E-state index in [9.17, 15) is 0 Å². The van der Waals surface area contributed by atoms with Crippen molar-refractivity contribution < 1.29 is 0 Å². The molecule has 58 heavy (non-hydrogen) atoms. The first-order valence-electron chi connectivity index (χ1n) is 19.9. The minimum Gasteiger partial charge on any atom is -0.309 e. The molecule has 0 spiro atoms. The Hall–Kier alpha value is -7.68. The number of nitrogens with zero attached hydrogens (tertiary/aromatic N) is 2. The summed E-state index contributed by atoms with van der Waals surface area (Å²) in [5, 5.41) is 7.41. The number of hydrogen-bond acceptors (Lipinski definition) is 1. The fraction of sp³-hybridized carbons (Fsp3) is 0. The summed E-state index contributed by atoms with van der Waals surface area (Å²) in [6, 6.07) is 83.7. The Balaban J connectivity index is 1.06. The van der Waals surface area contributed by atoms with E-state index in [0.29, 0.717) is 0 Å². The van der Waals surface area contributed by atoms with Gasteiger partial charge in [-0.2, -0.15) is 0 Å². The fourth-order valence-electron chi connectivity index (χ4n) is 8.76. The van der Waals surface area contributed by atoms with E-state index in [0.717, 1.165) is 22.7 Å². The van der Waals surface area contributed by atoms with Crippen molar-refractivity contribution in [3.8, 4) is 39.1 Å². The van der Waals surface area contributed by atoms with Crippen molar-refractivity contribution in [1.29, 1.82) is 0 Å². The average Bonchev–Trinajstić information content (AvgIpc) is 3.64. The van der Waals surface area contributed by atoms with Gasteiger partial charge in [0.05, 0.1) is 22.4 Å². The Labute approximate surface area is 338 Å². The van der Waals surface area contributed by atoms with E-state index in [4.69, 9.17) is 0 Å². The third-order valence-corrected chi connectivity index (χ3v) is 11.5. The quantitative estimate of drug-likeness (QED) is 0.158. The molecule has 0 saturated heterocycles. The monoisotopic (exact) mass is 738 g/mol. The highest BCUT2D eigenvalue weighted by Crippen LogP contribution is 2.46. The molecule has 0 aliphatic heterocycles. The molecule has 0 saturated carbocycles. The van der Waals surface area contributed by atoms with Gasteiger partial charge in [-0.15, -0.1) is 0 Å². The van der Waals surface area contributed by atoms with Crippen molar-refractivity contribution in [3.05, 3.63) is 231 Å². The Morgan fingerprint density at radius 3 is 1.60 bits per heavy atom. The average molecular weight is 739 g/mol. The maximum Gasteiger partial charge on any atom is 0.0562 e. The summed E-state index contributed by atoms with van der Waals surface area (Å²) >= 11 is 0. The van der Waals surface area contributed by atoms with Crippen LogP contribution in [0.4, 0.5) is 17.1 Å². The zero-order valence-corrected chi connectivity index (χ0v) is 31.8. The number of aromatic nitrogens is 1. The van der Waals surface area contributed by atoms with Crippen LogP contribution in [-0.4, -0.2) is 4.57 Å². The molecular weight excluding hydrogens is 701 g/mol. The summed E-state index contributed by atoms with van der Waals surface area (Å²) in [7, 11) is 0. The Bertz CT molecular complexity index is 3270. The predicted molar refractivity (Wildman–Crippen MR) is 247 cm³/mol. The smallest absolute Gasteiger partial charge is 0.0562 e. The van der Waals surface area contributed by atoms with Crippen LogP contribution in [0.2, 0.25) is 0 Å². The van der Waals surface area contributed by atoms with Gasteiger partial charge < -0.3 is 9.47 Å². The van der Waals surface area contributed by atoms with Gasteiger partial charge in [0.15, 0.2) is 0 Å². The number of hydrogen-bond donors (Lipinski definition) is 0. The largest absolute Gasteiger partial charge is 0.309 e. The summed E-state index contributed by atoms with van der Waals surface area (Å²) in [5.74, 6) is 0. The predicted octanol–water partition coefficient (Wildman–Crippen LogP) is 15.6. The standard InChI is InChI=1S/C56H38N2/c1-3-15-42(16-4-1)50-20-9-11-22-52(50)58(55-25-13-24-54-56(55)51-21-10-12-23-53(51)57(54)48-18-5-2-6-19-48)49-34-32-40(33-35-49)44-29-27-41-28-31-46(38-47(41)37-44)45-30-26-39-14-7-8-17-43(39)36-45/h1-38H. The van der Waals surface area contributed by atoms with Crippen molar-refractivity contribution in [2.24, 2.45) is 0 Å². The lowest BCUT2D eigenvalue weighted by Crippen LogP contribution is -2.11. The lowest BCUT2D eigenvalue weighted by molar-refractivity contribution is 1.18. The second kappa shape index (κ2) is 14.1. The Morgan fingerprint density at radius 2 is 0.845 bits per heavy atom. The molecule has 0 amide bonds. The summed E-state index contributed by atoms with van der Waals surface area (Å²) in [6.45, 7) is 0. The third kappa shape index (κ3) is 5.82. The van der Waals surface area contributed by atoms with Gasteiger partial charge in [-0.05, 0) is 116 Å². The van der Waals surface area contributed by atoms with Crippen LogP contribution in [0.1, 0.15) is 0 Å². The van der Waals surface area contributed by atoms with Crippen LogP contribution >= 0.6 is 0 Å². The van der Waals surface area contributed by atoms with Crippen LogP contribution in [0.25, 0.3) is 82.4 Å². The van der Waals surface area contributed by atoms with Crippen molar-refractivity contribution in [2.45, 2.75) is 0 Å². The minimum absolute atomic E-state index is 1.09. The van der Waals surface area contributed by atoms with E-state index in [2.05, 4.69) is 240 Å². The van der Waals surface area contributed by atoms with Crippen LogP contribution in [0.15, 0.2) is 231 Å². The van der Waals surface area contributed by atoms with Gasteiger partial charge in [-0.25, -0.2) is 0 Å². The summed E-state index contributed by atoms with van der Waals surface area (Å²) < 4.78 is 2.39. The molecule has 0 N–H and O–H groups in total. The van der Waals surface area contributed by atoms with Gasteiger partial charge in [-0.1, -0.05) is 164 Å². The molecule has 2 nitrogen and oxygen atoms in total. The normalized spacial score (nSPS) is 11.4. The molecule has 10 aromatic carbocycles. The highest BCUT2D eigenvalue weighted by atomic mass is 15.1. The number of benzene rings is 10. The highest BCUT2D eigenvalue weighted by molar-refractivity contribution is 6.17. The van der Waals surface area contributed by atoms with Crippen molar-refractivity contribution >= 4 is 60.4 Å². The first kappa shape index (κ1) is 33.6.